The number of hydrogen-bond acceptors (Lipinski definition) is 7. The first-order valence-corrected chi connectivity index (χ1v) is 11.9. The average molecular weight is 474 g/mol. The summed E-state index contributed by atoms with van der Waals surface area (Å²) >= 11 is 0. The Hall–Kier alpha value is -2.85. The number of nitrogens with zero attached hydrogens (tertiary/aromatic N) is 1. The zero-order valence-electron chi connectivity index (χ0n) is 18.9. The molecule has 1 spiro atoms. The summed E-state index contributed by atoms with van der Waals surface area (Å²) in [5, 5.41) is 5.15. The molecule has 4 amide bonds. The number of benzene rings is 1. The van der Waals surface area contributed by atoms with E-state index in [0.717, 1.165) is 49.9 Å². The molecule has 4 aliphatic rings. The van der Waals surface area contributed by atoms with Gasteiger partial charge in [0.25, 0.3) is 11.8 Å². The second kappa shape index (κ2) is 9.07. The van der Waals surface area contributed by atoms with Crippen molar-refractivity contribution >= 4 is 29.3 Å². The average Bonchev–Trinajstić information content (AvgIpc) is 3.07. The van der Waals surface area contributed by atoms with Gasteiger partial charge in [-0.15, -0.1) is 0 Å². The number of carbonyl (C=O) groups is 4. The zero-order valence-corrected chi connectivity index (χ0v) is 18.9. The minimum Gasteiger partial charge on any atom is -0.382 e. The number of fused-ring (bicyclic) bond motifs is 1. The van der Waals surface area contributed by atoms with Crippen LogP contribution in [0.1, 0.15) is 65.7 Å². The maximum absolute atomic E-state index is 14.7. The van der Waals surface area contributed by atoms with E-state index < -0.39 is 35.5 Å². The topological polar surface area (TPSA) is 114 Å². The number of imide groups is 2. The molecule has 1 aromatic rings. The van der Waals surface area contributed by atoms with Crippen LogP contribution in [-0.2, 0) is 19.1 Å². The summed E-state index contributed by atoms with van der Waals surface area (Å²) in [6.07, 6.45) is 4.76. The van der Waals surface area contributed by atoms with E-state index in [9.17, 15) is 23.6 Å². The first-order valence-electron chi connectivity index (χ1n) is 11.9. The van der Waals surface area contributed by atoms with Crippen molar-refractivity contribution in [2.45, 2.75) is 57.1 Å². The van der Waals surface area contributed by atoms with E-state index in [4.69, 9.17) is 9.47 Å². The van der Waals surface area contributed by atoms with Gasteiger partial charge >= 0.3 is 0 Å². The molecule has 9 nitrogen and oxygen atoms in total. The lowest BCUT2D eigenvalue weighted by molar-refractivity contribution is -0.136. The van der Waals surface area contributed by atoms with E-state index in [-0.39, 0.29) is 41.2 Å². The van der Waals surface area contributed by atoms with Gasteiger partial charge in [-0.05, 0) is 56.1 Å². The summed E-state index contributed by atoms with van der Waals surface area (Å²) in [5.41, 5.74) is 0.151. The fraction of sp³-hybridized carbons (Fsp3) is 0.583. The van der Waals surface area contributed by atoms with Crippen LogP contribution in [0.25, 0.3) is 0 Å². The SMILES string of the molecule is O=C1CCC(N2C(=O)c3ccc(F)c(NCCC4CCC5(CCOCC5)CO4)c3C2=O)C(=O)N1. The normalized spacial score (nSPS) is 26.6. The number of anilines is 1. The van der Waals surface area contributed by atoms with E-state index >= 15 is 0 Å². The van der Waals surface area contributed by atoms with Crippen molar-refractivity contribution in [1.29, 1.82) is 0 Å². The monoisotopic (exact) mass is 473 g/mol. The third-order valence-corrected chi connectivity index (χ3v) is 7.50. The third-order valence-electron chi connectivity index (χ3n) is 7.50. The highest BCUT2D eigenvalue weighted by Crippen LogP contribution is 2.40. The van der Waals surface area contributed by atoms with Gasteiger partial charge in [-0.1, -0.05) is 0 Å². The minimum atomic E-state index is -1.09. The molecule has 4 aliphatic heterocycles. The molecule has 3 fully saturated rings. The zero-order chi connectivity index (χ0) is 23.9. The largest absolute Gasteiger partial charge is 0.382 e. The van der Waals surface area contributed by atoms with Gasteiger partial charge in [0, 0.05) is 26.2 Å². The van der Waals surface area contributed by atoms with Crippen molar-refractivity contribution in [2.24, 2.45) is 5.41 Å². The van der Waals surface area contributed by atoms with Crippen LogP contribution in [0.15, 0.2) is 12.1 Å². The molecule has 0 aliphatic carbocycles. The molecule has 0 saturated carbocycles. The van der Waals surface area contributed by atoms with Crippen LogP contribution in [0.5, 0.6) is 0 Å². The van der Waals surface area contributed by atoms with E-state index in [1.54, 1.807) is 0 Å². The summed E-state index contributed by atoms with van der Waals surface area (Å²) in [6.45, 7) is 2.62. The molecule has 2 atom stereocenters. The van der Waals surface area contributed by atoms with Crippen molar-refractivity contribution in [1.82, 2.24) is 10.2 Å². The molecule has 34 heavy (non-hydrogen) atoms. The molecule has 0 aromatic heterocycles. The number of nitrogens with one attached hydrogen (secondary N) is 2. The second-order valence-electron chi connectivity index (χ2n) is 9.59. The quantitative estimate of drug-likeness (QED) is 0.629. The van der Waals surface area contributed by atoms with Crippen molar-refractivity contribution in [3.8, 4) is 0 Å². The van der Waals surface area contributed by atoms with Gasteiger partial charge in [0.15, 0.2) is 0 Å². The highest BCUT2D eigenvalue weighted by atomic mass is 19.1. The van der Waals surface area contributed by atoms with Gasteiger partial charge in [0.2, 0.25) is 11.8 Å². The summed E-state index contributed by atoms with van der Waals surface area (Å²) < 4.78 is 26.3. The number of amides is 4. The Balaban J connectivity index is 1.25. The molecule has 0 radical (unpaired) electrons. The Morgan fingerprint density at radius 3 is 2.59 bits per heavy atom. The molecular formula is C24H28FN3O6. The van der Waals surface area contributed by atoms with Crippen LogP contribution in [0.3, 0.4) is 0 Å². The maximum Gasteiger partial charge on any atom is 0.264 e. The summed E-state index contributed by atoms with van der Waals surface area (Å²) in [5.74, 6) is -3.17. The van der Waals surface area contributed by atoms with Crippen molar-refractivity contribution in [2.75, 3.05) is 31.7 Å². The van der Waals surface area contributed by atoms with Gasteiger partial charge in [0.1, 0.15) is 11.9 Å². The summed E-state index contributed by atoms with van der Waals surface area (Å²) in [7, 11) is 0. The van der Waals surface area contributed by atoms with Gasteiger partial charge < -0.3 is 14.8 Å². The molecule has 1 aromatic carbocycles. The lowest BCUT2D eigenvalue weighted by Gasteiger charge is -2.42. The molecule has 2 N–H and O–H groups in total. The van der Waals surface area contributed by atoms with Crippen LogP contribution in [0, 0.1) is 11.2 Å². The predicted octanol–water partition coefficient (Wildman–Crippen LogP) is 2.00. The highest BCUT2D eigenvalue weighted by molar-refractivity contribution is 6.25. The number of rotatable bonds is 5. The number of hydrogen-bond donors (Lipinski definition) is 2. The summed E-state index contributed by atoms with van der Waals surface area (Å²) in [6, 6.07) is 1.32. The van der Waals surface area contributed by atoms with Gasteiger partial charge in [-0.25, -0.2) is 4.39 Å². The highest BCUT2D eigenvalue weighted by Gasteiger charge is 2.46. The van der Waals surface area contributed by atoms with Crippen LogP contribution >= 0.6 is 0 Å². The molecule has 0 bridgehead atoms. The first kappa shape index (κ1) is 22.9. The van der Waals surface area contributed by atoms with E-state index in [1.807, 2.05) is 0 Å². The molecule has 10 heteroatoms. The van der Waals surface area contributed by atoms with Gasteiger partial charge in [0.05, 0.1) is 29.5 Å². The molecule has 3 saturated heterocycles. The van der Waals surface area contributed by atoms with E-state index in [1.165, 1.54) is 6.07 Å². The summed E-state index contributed by atoms with van der Waals surface area (Å²) in [4.78, 5) is 50.6. The minimum absolute atomic E-state index is 0.0268. The lowest BCUT2D eigenvalue weighted by atomic mass is 9.75. The van der Waals surface area contributed by atoms with Gasteiger partial charge in [-0.2, -0.15) is 0 Å². The van der Waals surface area contributed by atoms with Gasteiger partial charge in [-0.3, -0.25) is 29.4 Å². The van der Waals surface area contributed by atoms with E-state index in [2.05, 4.69) is 10.6 Å². The van der Waals surface area contributed by atoms with Crippen LogP contribution in [0.4, 0.5) is 10.1 Å². The van der Waals surface area contributed by atoms with Crippen LogP contribution in [-0.4, -0.2) is 67.0 Å². The van der Waals surface area contributed by atoms with Crippen molar-refractivity contribution in [3.05, 3.63) is 29.1 Å². The number of ether oxygens (including phenoxy) is 2. The Morgan fingerprint density at radius 2 is 1.88 bits per heavy atom. The van der Waals surface area contributed by atoms with Crippen molar-refractivity contribution < 1.29 is 33.0 Å². The number of piperidine rings is 1. The lowest BCUT2D eigenvalue weighted by Crippen LogP contribution is -2.54. The van der Waals surface area contributed by atoms with Crippen LogP contribution < -0.4 is 10.6 Å². The van der Waals surface area contributed by atoms with Crippen molar-refractivity contribution in [3.63, 3.8) is 0 Å². The molecule has 2 unspecified atom stereocenters. The standard InChI is InChI=1S/C24H28FN3O6/c25-16-2-1-15-19(23(32)28(22(15)31)17-3-4-18(29)27-21(17)30)20(16)26-10-6-14-5-7-24(13-34-14)8-11-33-12-9-24/h1-2,14,17,26H,3-13H2,(H,27,29,30). The number of halogens is 1. The Morgan fingerprint density at radius 1 is 1.09 bits per heavy atom. The predicted molar refractivity (Wildman–Crippen MR) is 118 cm³/mol. The maximum atomic E-state index is 14.7. The molecular weight excluding hydrogens is 445 g/mol. The third kappa shape index (κ3) is 4.09. The molecule has 5 rings (SSSR count). The second-order valence-corrected chi connectivity index (χ2v) is 9.59. The smallest absolute Gasteiger partial charge is 0.264 e. The Kier molecular flexibility index (Phi) is 6.11. The van der Waals surface area contributed by atoms with Crippen LogP contribution in [0.2, 0.25) is 0 Å². The fourth-order valence-electron chi connectivity index (χ4n) is 5.41. The fourth-order valence-corrected chi connectivity index (χ4v) is 5.41. The van der Waals surface area contributed by atoms with E-state index in [0.29, 0.717) is 19.6 Å². The number of carbonyl (C=O) groups excluding carboxylic acids is 4. The molecule has 182 valence electrons. The Bertz CT molecular complexity index is 1030. The molecule has 4 heterocycles. The Labute approximate surface area is 196 Å². The first-order chi connectivity index (χ1) is 16.4.